The third kappa shape index (κ3) is 4.45. The summed E-state index contributed by atoms with van der Waals surface area (Å²) in [5, 5.41) is 9.19. The molecule has 0 radical (unpaired) electrons. The molecule has 0 aliphatic rings. The minimum Gasteiger partial charge on any atom is -0.456 e. The molecule has 3 heterocycles. The normalized spacial score (nSPS) is 12.7. The van der Waals surface area contributed by atoms with Crippen molar-refractivity contribution >= 4 is 54.3 Å². The average Bonchev–Trinajstić information content (AvgIpc) is 3.40. The summed E-state index contributed by atoms with van der Waals surface area (Å²) in [6.07, 6.45) is 1.91. The van der Waals surface area contributed by atoms with Crippen molar-refractivity contribution in [1.82, 2.24) is 19.9 Å². The Labute approximate surface area is 262 Å². The van der Waals surface area contributed by atoms with E-state index < -0.39 is 0 Å². The van der Waals surface area contributed by atoms with E-state index in [-0.39, 0.29) is 10.8 Å². The SMILES string of the molecule is CC(C)(C)c1nc(-c2cccc3c2ccc2c4ccnc(-c5ccc6c(c5)oc5ccccc56)c4ccc32)nc(C(C)(C)C)n1. The van der Waals surface area contributed by atoms with E-state index in [1.54, 1.807) is 0 Å². The van der Waals surface area contributed by atoms with Crippen LogP contribution in [0.3, 0.4) is 0 Å². The van der Waals surface area contributed by atoms with Crippen molar-refractivity contribution in [3.63, 3.8) is 0 Å². The highest BCUT2D eigenvalue weighted by atomic mass is 16.3. The number of aromatic nitrogens is 4. The van der Waals surface area contributed by atoms with Gasteiger partial charge in [0.15, 0.2) is 5.82 Å². The van der Waals surface area contributed by atoms with Crippen molar-refractivity contribution in [3.8, 4) is 22.6 Å². The van der Waals surface area contributed by atoms with E-state index >= 15 is 0 Å². The van der Waals surface area contributed by atoms with Crippen molar-refractivity contribution in [2.45, 2.75) is 52.4 Å². The van der Waals surface area contributed by atoms with Crippen LogP contribution in [0.4, 0.5) is 0 Å². The van der Waals surface area contributed by atoms with Crippen molar-refractivity contribution in [2.24, 2.45) is 0 Å². The first-order valence-electron chi connectivity index (χ1n) is 15.5. The van der Waals surface area contributed by atoms with E-state index in [4.69, 9.17) is 24.4 Å². The van der Waals surface area contributed by atoms with Gasteiger partial charge in [-0.2, -0.15) is 0 Å². The maximum atomic E-state index is 6.20. The Morgan fingerprint density at radius 1 is 0.489 bits per heavy atom. The number of para-hydroxylation sites is 1. The summed E-state index contributed by atoms with van der Waals surface area (Å²) in [7, 11) is 0. The van der Waals surface area contributed by atoms with Crippen molar-refractivity contribution in [2.75, 3.05) is 0 Å². The Morgan fingerprint density at radius 3 is 1.80 bits per heavy atom. The fourth-order valence-corrected chi connectivity index (χ4v) is 6.30. The predicted molar refractivity (Wildman–Crippen MR) is 186 cm³/mol. The third-order valence-corrected chi connectivity index (χ3v) is 8.67. The molecule has 8 aromatic rings. The molecule has 5 aromatic carbocycles. The fourth-order valence-electron chi connectivity index (χ4n) is 6.30. The molecular weight excluding hydrogens is 552 g/mol. The van der Waals surface area contributed by atoms with Gasteiger partial charge in [0, 0.05) is 44.3 Å². The molecule has 5 nitrogen and oxygen atoms in total. The van der Waals surface area contributed by atoms with Crippen LogP contribution in [-0.2, 0) is 10.8 Å². The van der Waals surface area contributed by atoms with Gasteiger partial charge < -0.3 is 4.42 Å². The smallest absolute Gasteiger partial charge is 0.164 e. The van der Waals surface area contributed by atoms with Crippen LogP contribution in [0.1, 0.15) is 53.2 Å². The van der Waals surface area contributed by atoms with Gasteiger partial charge in [-0.05, 0) is 51.2 Å². The van der Waals surface area contributed by atoms with Crippen molar-refractivity contribution in [3.05, 3.63) is 109 Å². The lowest BCUT2D eigenvalue weighted by Gasteiger charge is -2.23. The number of rotatable bonds is 2. The monoisotopic (exact) mass is 586 g/mol. The maximum Gasteiger partial charge on any atom is 0.164 e. The molecule has 0 aliphatic heterocycles. The van der Waals surface area contributed by atoms with Gasteiger partial charge >= 0.3 is 0 Å². The summed E-state index contributed by atoms with van der Waals surface area (Å²) in [4.78, 5) is 19.8. The number of pyridine rings is 1. The van der Waals surface area contributed by atoms with Crippen molar-refractivity contribution in [1.29, 1.82) is 0 Å². The van der Waals surface area contributed by atoms with Crippen LogP contribution >= 0.6 is 0 Å². The quantitative estimate of drug-likeness (QED) is 0.189. The van der Waals surface area contributed by atoms with E-state index in [1.807, 2.05) is 24.4 Å². The molecule has 3 aromatic heterocycles. The van der Waals surface area contributed by atoms with Crippen LogP contribution < -0.4 is 0 Å². The predicted octanol–water partition coefficient (Wildman–Crippen LogP) is 10.6. The summed E-state index contributed by atoms with van der Waals surface area (Å²) < 4.78 is 6.20. The van der Waals surface area contributed by atoms with Gasteiger partial charge in [0.25, 0.3) is 0 Å². The largest absolute Gasteiger partial charge is 0.456 e. The highest BCUT2D eigenvalue weighted by Crippen LogP contribution is 2.39. The Kier molecular flexibility index (Phi) is 5.89. The second-order valence-electron chi connectivity index (χ2n) is 14.0. The van der Waals surface area contributed by atoms with Gasteiger partial charge in [-0.1, -0.05) is 108 Å². The molecule has 0 unspecified atom stereocenters. The molecule has 0 amide bonds. The van der Waals surface area contributed by atoms with E-state index in [0.29, 0.717) is 0 Å². The molecule has 0 fully saturated rings. The van der Waals surface area contributed by atoms with E-state index in [0.717, 1.165) is 67.0 Å². The Hall–Kier alpha value is -5.16. The molecule has 0 aliphatic carbocycles. The van der Waals surface area contributed by atoms with Crippen LogP contribution in [0.25, 0.3) is 76.9 Å². The number of furan rings is 1. The first-order valence-corrected chi connectivity index (χ1v) is 15.5. The van der Waals surface area contributed by atoms with Crippen LogP contribution in [0.15, 0.2) is 102 Å². The summed E-state index contributed by atoms with van der Waals surface area (Å²) >= 11 is 0. The molecule has 0 bridgehead atoms. The summed E-state index contributed by atoms with van der Waals surface area (Å²) in [5.41, 5.74) is 4.36. The molecule has 0 saturated heterocycles. The molecule has 0 atom stereocenters. The molecule has 0 spiro atoms. The Bertz CT molecular complexity index is 2430. The first kappa shape index (κ1) is 27.4. The zero-order valence-electron chi connectivity index (χ0n) is 26.4. The van der Waals surface area contributed by atoms with E-state index in [2.05, 4.69) is 114 Å². The summed E-state index contributed by atoms with van der Waals surface area (Å²) in [6.45, 7) is 12.9. The fraction of sp³-hybridized carbons (Fsp3) is 0.200. The third-order valence-electron chi connectivity index (χ3n) is 8.67. The molecule has 5 heteroatoms. The lowest BCUT2D eigenvalue weighted by Crippen LogP contribution is -2.24. The Balaban J connectivity index is 1.31. The number of fused-ring (bicyclic) bond motifs is 8. The topological polar surface area (TPSA) is 64.7 Å². The molecular formula is C40H34N4O. The lowest BCUT2D eigenvalue weighted by molar-refractivity contribution is 0.497. The zero-order valence-corrected chi connectivity index (χ0v) is 26.4. The highest BCUT2D eigenvalue weighted by molar-refractivity contribution is 6.20. The van der Waals surface area contributed by atoms with Crippen LogP contribution in [0.2, 0.25) is 0 Å². The van der Waals surface area contributed by atoms with E-state index in [1.165, 1.54) is 21.5 Å². The van der Waals surface area contributed by atoms with Crippen LogP contribution in [0, 0.1) is 0 Å². The van der Waals surface area contributed by atoms with Gasteiger partial charge in [-0.25, -0.2) is 15.0 Å². The molecule has 45 heavy (non-hydrogen) atoms. The maximum absolute atomic E-state index is 6.20. The summed E-state index contributed by atoms with van der Waals surface area (Å²) in [6, 6.07) is 32.0. The minimum atomic E-state index is -0.200. The van der Waals surface area contributed by atoms with Gasteiger partial charge in [-0.15, -0.1) is 0 Å². The lowest BCUT2D eigenvalue weighted by atomic mass is 9.92. The second-order valence-corrected chi connectivity index (χ2v) is 14.0. The zero-order chi connectivity index (χ0) is 31.1. The number of hydrogen-bond donors (Lipinski definition) is 0. The Morgan fingerprint density at radius 2 is 1.07 bits per heavy atom. The van der Waals surface area contributed by atoms with Gasteiger partial charge in [0.1, 0.15) is 22.8 Å². The molecule has 220 valence electrons. The van der Waals surface area contributed by atoms with Gasteiger partial charge in [-0.3, -0.25) is 4.98 Å². The molecule has 8 rings (SSSR count). The second kappa shape index (κ2) is 9.67. The van der Waals surface area contributed by atoms with Crippen molar-refractivity contribution < 1.29 is 4.42 Å². The molecule has 0 saturated carbocycles. The van der Waals surface area contributed by atoms with Gasteiger partial charge in [0.05, 0.1) is 5.69 Å². The van der Waals surface area contributed by atoms with Gasteiger partial charge in [0.2, 0.25) is 0 Å². The number of hydrogen-bond acceptors (Lipinski definition) is 5. The highest BCUT2D eigenvalue weighted by Gasteiger charge is 2.26. The minimum absolute atomic E-state index is 0.200. The summed E-state index contributed by atoms with van der Waals surface area (Å²) in [5.74, 6) is 2.34. The standard InChI is InChI=1S/C40H34N4O/c1-39(2,3)37-42-36(43-38(44-37)40(4,5)6)32-12-9-11-24-25-18-19-31-28(26(25)16-17-27(24)32)20-21-41-35(31)23-14-15-30-29-10-7-8-13-33(29)45-34(30)22-23/h7-22H,1-6H3. The molecule has 0 N–H and O–H groups in total. The van der Waals surface area contributed by atoms with E-state index in [9.17, 15) is 0 Å². The van der Waals surface area contributed by atoms with Crippen LogP contribution in [-0.4, -0.2) is 19.9 Å². The number of nitrogens with zero attached hydrogens (tertiary/aromatic N) is 4. The number of benzene rings is 5. The van der Waals surface area contributed by atoms with Crippen LogP contribution in [0.5, 0.6) is 0 Å². The average molecular weight is 587 g/mol. The first-order chi connectivity index (χ1) is 21.6.